The summed E-state index contributed by atoms with van der Waals surface area (Å²) in [5, 5.41) is 0. The predicted molar refractivity (Wildman–Crippen MR) is 115 cm³/mol. The lowest BCUT2D eigenvalue weighted by Gasteiger charge is -2.29. The molecule has 0 amide bonds. The van der Waals surface area contributed by atoms with Crippen LogP contribution in [-0.2, 0) is 16.2 Å². The Labute approximate surface area is 183 Å². The highest BCUT2D eigenvalue weighted by molar-refractivity contribution is 7.89. The number of likely N-dealkylation sites (tertiary alicyclic amines) is 1. The van der Waals surface area contributed by atoms with Crippen LogP contribution < -0.4 is 0 Å². The Kier molecular flexibility index (Phi) is 8.06. The number of halogens is 3. The van der Waals surface area contributed by atoms with Gasteiger partial charge in [-0.2, -0.15) is 13.2 Å². The normalized spacial score (nSPS) is 23.4. The van der Waals surface area contributed by atoms with Gasteiger partial charge in [-0.15, -0.1) is 0 Å². The van der Waals surface area contributed by atoms with Crippen LogP contribution in [0.25, 0.3) is 0 Å². The lowest BCUT2D eigenvalue weighted by Crippen LogP contribution is -2.33. The summed E-state index contributed by atoms with van der Waals surface area (Å²) in [7, 11) is -2.31. The van der Waals surface area contributed by atoms with Crippen molar-refractivity contribution in [2.24, 2.45) is 11.8 Å². The minimum atomic E-state index is -4.48. The van der Waals surface area contributed by atoms with E-state index in [2.05, 4.69) is 16.7 Å². The van der Waals surface area contributed by atoms with Crippen molar-refractivity contribution in [3.8, 4) is 11.8 Å². The minimum Gasteiger partial charge on any atom is -0.292 e. The Balaban J connectivity index is 1.48. The fourth-order valence-corrected chi connectivity index (χ4v) is 5.61. The average molecular weight is 457 g/mol. The zero-order valence-electron chi connectivity index (χ0n) is 18.0. The first-order valence-electron chi connectivity index (χ1n) is 11.0. The molecule has 0 N–H and O–H groups in total. The number of piperidine rings is 1. The zero-order valence-corrected chi connectivity index (χ0v) is 18.8. The highest BCUT2D eigenvalue weighted by Crippen LogP contribution is 2.32. The Morgan fingerprint density at radius 1 is 1.03 bits per heavy atom. The van der Waals surface area contributed by atoms with E-state index in [9.17, 15) is 21.6 Å². The maximum atomic E-state index is 12.7. The first-order valence-corrected chi connectivity index (χ1v) is 12.4. The summed E-state index contributed by atoms with van der Waals surface area (Å²) in [6, 6.07) is 3.69. The Bertz CT molecular complexity index is 874. The molecule has 0 radical (unpaired) electrons. The van der Waals surface area contributed by atoms with Crippen LogP contribution in [0.3, 0.4) is 0 Å². The van der Waals surface area contributed by atoms with Crippen molar-refractivity contribution in [2.75, 3.05) is 33.2 Å². The number of hydrogen-bond donors (Lipinski definition) is 0. The van der Waals surface area contributed by atoms with Crippen molar-refractivity contribution < 1.29 is 21.6 Å². The standard InChI is InChI=1S/C23H31F3N2O2S/c1-27(31(29,30)22-13-11-21(12-14-22)23(24,25)26)18-20-9-7-19(8-10-20)6-5-17-28-15-3-2-4-16-28/h11-14,19-20H,2-4,7-10,15-18H2,1H3. The molecule has 3 rings (SSSR count). The van der Waals surface area contributed by atoms with Gasteiger partial charge in [-0.05, 0) is 81.8 Å². The van der Waals surface area contributed by atoms with Crippen LogP contribution in [0, 0.1) is 23.7 Å². The molecule has 4 nitrogen and oxygen atoms in total. The van der Waals surface area contributed by atoms with Crippen LogP contribution in [0.2, 0.25) is 0 Å². The van der Waals surface area contributed by atoms with Crippen LogP contribution >= 0.6 is 0 Å². The Hall–Kier alpha value is -1.56. The molecule has 1 saturated carbocycles. The SMILES string of the molecule is CN(CC1CCC(C#CCN2CCCCC2)CC1)S(=O)(=O)c1ccc(C(F)(F)F)cc1. The van der Waals surface area contributed by atoms with Crippen molar-refractivity contribution in [3.63, 3.8) is 0 Å². The second kappa shape index (κ2) is 10.4. The summed E-state index contributed by atoms with van der Waals surface area (Å²) >= 11 is 0. The molecular formula is C23H31F3N2O2S. The fraction of sp³-hybridized carbons (Fsp3) is 0.652. The van der Waals surface area contributed by atoms with Gasteiger partial charge in [-0.25, -0.2) is 12.7 Å². The number of sulfonamides is 1. The van der Waals surface area contributed by atoms with Crippen molar-refractivity contribution in [3.05, 3.63) is 29.8 Å². The fourth-order valence-electron chi connectivity index (χ4n) is 4.37. The zero-order chi connectivity index (χ0) is 22.5. The van der Waals surface area contributed by atoms with Crippen molar-refractivity contribution in [2.45, 2.75) is 56.0 Å². The molecule has 1 aliphatic carbocycles. The molecule has 0 unspecified atom stereocenters. The molecule has 172 valence electrons. The molecule has 8 heteroatoms. The lowest BCUT2D eigenvalue weighted by molar-refractivity contribution is -0.137. The van der Waals surface area contributed by atoms with E-state index in [0.717, 1.165) is 69.6 Å². The van der Waals surface area contributed by atoms with Gasteiger partial charge in [0.25, 0.3) is 0 Å². The van der Waals surface area contributed by atoms with Crippen molar-refractivity contribution in [1.29, 1.82) is 0 Å². The molecule has 31 heavy (non-hydrogen) atoms. The van der Waals surface area contributed by atoms with E-state index in [1.807, 2.05) is 0 Å². The van der Waals surface area contributed by atoms with Gasteiger partial charge in [0.1, 0.15) is 0 Å². The number of rotatable bonds is 5. The molecule has 2 fully saturated rings. The van der Waals surface area contributed by atoms with Gasteiger partial charge >= 0.3 is 6.18 Å². The van der Waals surface area contributed by atoms with Gasteiger partial charge in [-0.3, -0.25) is 4.90 Å². The number of benzene rings is 1. The third kappa shape index (κ3) is 6.71. The van der Waals surface area contributed by atoms with Crippen LogP contribution in [0.4, 0.5) is 13.2 Å². The largest absolute Gasteiger partial charge is 0.416 e. The van der Waals surface area contributed by atoms with E-state index >= 15 is 0 Å². The maximum absolute atomic E-state index is 12.7. The van der Waals surface area contributed by atoms with Gasteiger partial charge in [0, 0.05) is 19.5 Å². The second-order valence-electron chi connectivity index (χ2n) is 8.68. The van der Waals surface area contributed by atoms with Gasteiger partial charge < -0.3 is 0 Å². The monoisotopic (exact) mass is 456 g/mol. The van der Waals surface area contributed by atoms with E-state index < -0.39 is 21.8 Å². The number of hydrogen-bond acceptors (Lipinski definition) is 3. The van der Waals surface area contributed by atoms with Crippen molar-refractivity contribution >= 4 is 10.0 Å². The van der Waals surface area contributed by atoms with E-state index in [1.165, 1.54) is 30.6 Å². The van der Waals surface area contributed by atoms with E-state index in [0.29, 0.717) is 12.5 Å². The third-order valence-corrected chi connectivity index (χ3v) is 8.15. The summed E-state index contributed by atoms with van der Waals surface area (Å²) in [6.45, 7) is 3.49. The first-order chi connectivity index (χ1) is 14.7. The van der Waals surface area contributed by atoms with Gasteiger partial charge in [-0.1, -0.05) is 18.3 Å². The topological polar surface area (TPSA) is 40.6 Å². The number of nitrogens with zero attached hydrogens (tertiary/aromatic N) is 2. The highest BCUT2D eigenvalue weighted by Gasteiger charge is 2.32. The van der Waals surface area contributed by atoms with Crippen molar-refractivity contribution in [1.82, 2.24) is 9.21 Å². The molecule has 1 aromatic rings. The van der Waals surface area contributed by atoms with Crippen LogP contribution in [0.5, 0.6) is 0 Å². The maximum Gasteiger partial charge on any atom is 0.416 e. The summed E-state index contributed by atoms with van der Waals surface area (Å²) in [4.78, 5) is 2.30. The molecule has 0 aromatic heterocycles. The van der Waals surface area contributed by atoms with Gasteiger partial charge in [0.05, 0.1) is 17.0 Å². The van der Waals surface area contributed by atoms with E-state index in [1.54, 1.807) is 0 Å². The molecule has 0 bridgehead atoms. The third-order valence-electron chi connectivity index (χ3n) is 6.31. The highest BCUT2D eigenvalue weighted by atomic mass is 32.2. The summed E-state index contributed by atoms with van der Waals surface area (Å²) in [5.74, 6) is 7.35. The predicted octanol–water partition coefficient (Wildman–Crippen LogP) is 4.62. The Morgan fingerprint density at radius 2 is 1.65 bits per heavy atom. The van der Waals surface area contributed by atoms with Crippen LogP contribution in [-0.4, -0.2) is 50.8 Å². The summed E-state index contributed by atoms with van der Waals surface area (Å²) in [6.07, 6.45) is 3.11. The Morgan fingerprint density at radius 3 is 2.23 bits per heavy atom. The second-order valence-corrected chi connectivity index (χ2v) is 10.7. The van der Waals surface area contributed by atoms with Crippen LogP contribution in [0.1, 0.15) is 50.5 Å². The van der Waals surface area contributed by atoms with E-state index in [-0.39, 0.29) is 10.8 Å². The molecule has 0 atom stereocenters. The molecule has 2 aliphatic rings. The first kappa shape index (κ1) is 24.1. The summed E-state index contributed by atoms with van der Waals surface area (Å²) < 4.78 is 64.9. The minimum absolute atomic E-state index is 0.111. The molecule has 1 aromatic carbocycles. The molecular weight excluding hydrogens is 425 g/mol. The molecule has 1 saturated heterocycles. The number of alkyl halides is 3. The van der Waals surface area contributed by atoms with E-state index in [4.69, 9.17) is 0 Å². The smallest absolute Gasteiger partial charge is 0.292 e. The van der Waals surface area contributed by atoms with Crippen LogP contribution in [0.15, 0.2) is 29.2 Å². The molecule has 0 spiro atoms. The quantitative estimate of drug-likeness (QED) is 0.607. The molecule has 1 heterocycles. The molecule has 1 aliphatic heterocycles. The average Bonchev–Trinajstić information content (AvgIpc) is 2.75. The lowest BCUT2D eigenvalue weighted by atomic mass is 9.82. The van der Waals surface area contributed by atoms with Gasteiger partial charge in [0.15, 0.2) is 0 Å². The summed E-state index contributed by atoms with van der Waals surface area (Å²) in [5.41, 5.74) is -0.853. The van der Waals surface area contributed by atoms with Gasteiger partial charge in [0.2, 0.25) is 10.0 Å².